The Kier molecular flexibility index (Phi) is 6.67. The summed E-state index contributed by atoms with van der Waals surface area (Å²) >= 11 is 0. The summed E-state index contributed by atoms with van der Waals surface area (Å²) in [6, 6.07) is 29.3. The first-order chi connectivity index (χ1) is 20.9. The average molecular weight is 567 g/mol. The van der Waals surface area contributed by atoms with E-state index < -0.39 is 0 Å². The van der Waals surface area contributed by atoms with E-state index in [9.17, 15) is 0 Å². The molecule has 0 bridgehead atoms. The third-order valence-corrected chi connectivity index (χ3v) is 7.85. The smallest absolute Gasteiger partial charge is 0.159 e. The third-order valence-electron chi connectivity index (χ3n) is 7.85. The minimum atomic E-state index is 0.00457. The first kappa shape index (κ1) is 26.9. The van der Waals surface area contributed by atoms with Crippen molar-refractivity contribution in [3.8, 4) is 28.4 Å². The molecule has 0 amide bonds. The number of aromatic amines is 1. The van der Waals surface area contributed by atoms with E-state index in [1.165, 1.54) is 5.39 Å². The van der Waals surface area contributed by atoms with E-state index in [1.54, 1.807) is 7.11 Å². The topological polar surface area (TPSA) is 80.6 Å². The highest BCUT2D eigenvalue weighted by Crippen LogP contribution is 2.35. The molecule has 4 aromatic carbocycles. The second-order valence-electron chi connectivity index (χ2n) is 12.0. The number of rotatable bonds is 7. The van der Waals surface area contributed by atoms with Gasteiger partial charge in [0.25, 0.3) is 0 Å². The van der Waals surface area contributed by atoms with Crippen LogP contribution in [0, 0.1) is 0 Å². The van der Waals surface area contributed by atoms with Crippen LogP contribution in [0.5, 0.6) is 5.75 Å². The Balaban J connectivity index is 1.38. The van der Waals surface area contributed by atoms with Gasteiger partial charge in [0.2, 0.25) is 0 Å². The van der Waals surface area contributed by atoms with E-state index >= 15 is 0 Å². The van der Waals surface area contributed by atoms with Crippen LogP contribution in [-0.2, 0) is 13.1 Å². The van der Waals surface area contributed by atoms with Crippen molar-refractivity contribution >= 4 is 32.7 Å². The summed E-state index contributed by atoms with van der Waals surface area (Å²) in [5.74, 6) is 1.59. The molecule has 0 aliphatic heterocycles. The van der Waals surface area contributed by atoms with E-state index in [2.05, 4.69) is 107 Å². The number of fused-ring (bicyclic) bond motifs is 3. The van der Waals surface area contributed by atoms with Gasteiger partial charge in [0.05, 0.1) is 30.2 Å². The van der Waals surface area contributed by atoms with Crippen LogP contribution in [0.25, 0.3) is 55.4 Å². The molecule has 0 saturated heterocycles. The summed E-state index contributed by atoms with van der Waals surface area (Å²) in [6.07, 6.45) is 3.86. The van der Waals surface area contributed by atoms with Crippen molar-refractivity contribution in [3.63, 3.8) is 0 Å². The maximum Gasteiger partial charge on any atom is 0.159 e. The number of para-hydroxylation sites is 1. The van der Waals surface area contributed by atoms with Gasteiger partial charge in [-0.25, -0.2) is 4.98 Å². The number of H-pyrrole nitrogens is 1. The Morgan fingerprint density at radius 3 is 2.53 bits per heavy atom. The molecule has 2 N–H and O–H groups in total. The maximum atomic E-state index is 5.37. The van der Waals surface area contributed by atoms with Crippen molar-refractivity contribution in [2.24, 2.45) is 0 Å². The van der Waals surface area contributed by atoms with Crippen molar-refractivity contribution in [3.05, 3.63) is 108 Å². The molecule has 0 unspecified atom stereocenters. The van der Waals surface area contributed by atoms with Gasteiger partial charge in [-0.05, 0) is 73.2 Å². The minimum Gasteiger partial charge on any atom is -0.497 e. The van der Waals surface area contributed by atoms with Crippen molar-refractivity contribution in [1.29, 1.82) is 0 Å². The molecular weight excluding hydrogens is 532 g/mol. The summed E-state index contributed by atoms with van der Waals surface area (Å²) in [5.41, 5.74) is 8.30. The molecule has 0 radical (unpaired) electrons. The molecule has 0 fully saturated rings. The summed E-state index contributed by atoms with van der Waals surface area (Å²) in [7, 11) is 1.68. The number of methoxy groups -OCH3 is 1. The lowest BCUT2D eigenvalue weighted by Gasteiger charge is -2.20. The number of imidazole rings is 1. The van der Waals surface area contributed by atoms with Crippen molar-refractivity contribution in [2.75, 3.05) is 7.11 Å². The highest BCUT2D eigenvalue weighted by Gasteiger charge is 2.19. The number of benzene rings is 4. The number of pyridine rings is 1. The molecule has 7 heteroatoms. The zero-order valence-corrected chi connectivity index (χ0v) is 24.8. The van der Waals surface area contributed by atoms with Gasteiger partial charge in [0.15, 0.2) is 5.82 Å². The Bertz CT molecular complexity index is 2080. The van der Waals surface area contributed by atoms with Gasteiger partial charge in [0, 0.05) is 40.8 Å². The van der Waals surface area contributed by atoms with E-state index in [4.69, 9.17) is 14.8 Å². The molecule has 3 heterocycles. The number of hydrogen-bond acceptors (Lipinski definition) is 5. The fourth-order valence-electron chi connectivity index (χ4n) is 5.60. The summed E-state index contributed by atoms with van der Waals surface area (Å²) in [6.45, 7) is 7.88. The number of aromatic nitrogens is 5. The molecular formula is C36H34N6O. The van der Waals surface area contributed by atoms with Crippen LogP contribution in [0.1, 0.15) is 31.9 Å². The minimum absolute atomic E-state index is 0.00457. The molecule has 7 nitrogen and oxygen atoms in total. The van der Waals surface area contributed by atoms with Gasteiger partial charge in [-0.3, -0.25) is 9.67 Å². The van der Waals surface area contributed by atoms with Gasteiger partial charge in [-0.1, -0.05) is 54.6 Å². The Morgan fingerprint density at radius 2 is 1.72 bits per heavy atom. The van der Waals surface area contributed by atoms with E-state index in [1.807, 2.05) is 30.6 Å². The van der Waals surface area contributed by atoms with Gasteiger partial charge in [-0.2, -0.15) is 5.10 Å². The lowest BCUT2D eigenvalue weighted by atomic mass is 9.99. The first-order valence-electron chi connectivity index (χ1n) is 14.6. The quantitative estimate of drug-likeness (QED) is 0.206. The first-order valence-corrected chi connectivity index (χ1v) is 14.6. The predicted molar refractivity (Wildman–Crippen MR) is 174 cm³/mol. The fraction of sp³-hybridized carbons (Fsp3) is 0.194. The van der Waals surface area contributed by atoms with Crippen LogP contribution in [-0.4, -0.2) is 37.4 Å². The predicted octanol–water partition coefficient (Wildman–Crippen LogP) is 7.74. The summed E-state index contributed by atoms with van der Waals surface area (Å²) in [4.78, 5) is 13.3. The molecule has 7 rings (SSSR count). The van der Waals surface area contributed by atoms with Crippen LogP contribution in [0.15, 0.2) is 97.3 Å². The zero-order valence-electron chi connectivity index (χ0n) is 24.8. The molecule has 7 aromatic rings. The summed E-state index contributed by atoms with van der Waals surface area (Å²) in [5, 5.41) is 12.1. The Hall–Kier alpha value is -5.01. The molecule has 0 saturated carbocycles. The second-order valence-corrected chi connectivity index (χ2v) is 12.0. The molecule has 0 spiro atoms. The Labute approximate surface area is 250 Å². The van der Waals surface area contributed by atoms with Gasteiger partial charge >= 0.3 is 0 Å². The highest BCUT2D eigenvalue weighted by atomic mass is 16.5. The molecule has 0 aliphatic rings. The van der Waals surface area contributed by atoms with E-state index in [0.29, 0.717) is 6.54 Å². The van der Waals surface area contributed by atoms with E-state index in [0.717, 1.165) is 73.4 Å². The second kappa shape index (κ2) is 10.7. The van der Waals surface area contributed by atoms with Crippen molar-refractivity contribution < 1.29 is 4.74 Å². The van der Waals surface area contributed by atoms with Crippen LogP contribution < -0.4 is 10.1 Å². The fourth-order valence-corrected chi connectivity index (χ4v) is 5.60. The number of ether oxygens (including phenoxy) is 1. The standard InChI is InChI=1S/C36H34N6O/c1-36(2,3)38-20-26-9-7-11-31-33(26)40-35(39-31)34-29-18-24(30-21-37-19-25-8-5-6-10-28(25)30)14-17-32(29)42(41-34)22-23-12-15-27(43-4)16-13-23/h5-19,21,38H,20,22H2,1-4H3,(H,39,40). The van der Waals surface area contributed by atoms with Crippen LogP contribution >= 0.6 is 0 Å². The van der Waals surface area contributed by atoms with Gasteiger partial charge < -0.3 is 15.0 Å². The molecule has 3 aromatic heterocycles. The monoisotopic (exact) mass is 566 g/mol. The number of hydrogen-bond donors (Lipinski definition) is 2. The van der Waals surface area contributed by atoms with Crippen LogP contribution in [0.3, 0.4) is 0 Å². The number of nitrogens with zero attached hydrogens (tertiary/aromatic N) is 4. The maximum absolute atomic E-state index is 5.37. The van der Waals surface area contributed by atoms with E-state index in [-0.39, 0.29) is 5.54 Å². The lowest BCUT2D eigenvalue weighted by molar-refractivity contribution is 0.414. The average Bonchev–Trinajstić information content (AvgIpc) is 3.61. The molecule has 0 atom stereocenters. The normalized spacial score (nSPS) is 12.0. The van der Waals surface area contributed by atoms with Crippen molar-refractivity contribution in [2.45, 2.75) is 39.4 Å². The van der Waals surface area contributed by atoms with Crippen molar-refractivity contribution in [1.82, 2.24) is 30.0 Å². The molecule has 43 heavy (non-hydrogen) atoms. The van der Waals surface area contributed by atoms with Gasteiger partial charge in [-0.15, -0.1) is 0 Å². The highest BCUT2D eigenvalue weighted by molar-refractivity contribution is 6.01. The van der Waals surface area contributed by atoms with Crippen LogP contribution in [0.2, 0.25) is 0 Å². The van der Waals surface area contributed by atoms with Crippen LogP contribution in [0.4, 0.5) is 0 Å². The molecule has 0 aliphatic carbocycles. The third kappa shape index (κ3) is 5.24. The number of nitrogens with one attached hydrogen (secondary N) is 2. The SMILES string of the molecule is COc1ccc(Cn2nc(-c3nc4c(CNC(C)(C)C)cccc4[nH]3)c3cc(-c4cncc5ccccc45)ccc32)cc1. The lowest BCUT2D eigenvalue weighted by Crippen LogP contribution is -2.35. The largest absolute Gasteiger partial charge is 0.497 e. The Morgan fingerprint density at radius 1 is 0.884 bits per heavy atom. The summed E-state index contributed by atoms with van der Waals surface area (Å²) < 4.78 is 7.43. The van der Waals surface area contributed by atoms with Gasteiger partial charge in [0.1, 0.15) is 11.4 Å². The zero-order chi connectivity index (χ0) is 29.6. The molecule has 214 valence electrons.